The summed E-state index contributed by atoms with van der Waals surface area (Å²) in [6, 6.07) is 15.8. The van der Waals surface area contributed by atoms with Crippen LogP contribution in [0.2, 0.25) is 0 Å². The average molecular weight is 251 g/mol. The summed E-state index contributed by atoms with van der Waals surface area (Å²) in [5, 5.41) is 3.05. The molecular formula is C17H17NO. The van der Waals surface area contributed by atoms with Gasteiger partial charge in [-0.05, 0) is 48.9 Å². The molecule has 1 aliphatic carbocycles. The van der Waals surface area contributed by atoms with Crippen LogP contribution >= 0.6 is 0 Å². The van der Waals surface area contributed by atoms with Crippen LogP contribution in [0.1, 0.15) is 40.2 Å². The second-order valence-electron chi connectivity index (χ2n) is 5.13. The molecule has 1 aliphatic rings. The van der Waals surface area contributed by atoms with E-state index >= 15 is 0 Å². The van der Waals surface area contributed by atoms with Crippen LogP contribution in [0.3, 0.4) is 0 Å². The Bertz CT molecular complexity index is 614. The fourth-order valence-corrected chi connectivity index (χ4v) is 2.38. The molecule has 1 N–H and O–H groups in total. The number of carbonyl (C=O) groups is 1. The molecule has 3 rings (SSSR count). The average Bonchev–Trinajstić information content (AvgIpc) is 3.24. The zero-order chi connectivity index (χ0) is 13.2. The summed E-state index contributed by atoms with van der Waals surface area (Å²) in [5.74, 6) is 0.611. The summed E-state index contributed by atoms with van der Waals surface area (Å²) >= 11 is 0. The van der Waals surface area contributed by atoms with Crippen molar-refractivity contribution in [3.63, 3.8) is 0 Å². The molecule has 0 unspecified atom stereocenters. The lowest BCUT2D eigenvalue weighted by atomic mass is 10.1. The van der Waals surface area contributed by atoms with Gasteiger partial charge in [-0.2, -0.15) is 0 Å². The molecule has 0 radical (unpaired) electrons. The van der Waals surface area contributed by atoms with Crippen LogP contribution in [0.5, 0.6) is 0 Å². The molecule has 2 nitrogen and oxygen atoms in total. The van der Waals surface area contributed by atoms with Crippen molar-refractivity contribution >= 4 is 11.6 Å². The van der Waals surface area contributed by atoms with Crippen molar-refractivity contribution in [3.05, 3.63) is 65.2 Å². The van der Waals surface area contributed by atoms with Gasteiger partial charge in [0, 0.05) is 11.3 Å². The maximum atomic E-state index is 12.3. The van der Waals surface area contributed by atoms with Crippen molar-refractivity contribution in [2.75, 3.05) is 5.32 Å². The molecule has 0 heterocycles. The monoisotopic (exact) mass is 251 g/mol. The lowest BCUT2D eigenvalue weighted by Gasteiger charge is -2.11. The van der Waals surface area contributed by atoms with Crippen molar-refractivity contribution in [2.45, 2.75) is 25.7 Å². The summed E-state index contributed by atoms with van der Waals surface area (Å²) < 4.78 is 0. The molecule has 0 aliphatic heterocycles. The van der Waals surface area contributed by atoms with Crippen molar-refractivity contribution < 1.29 is 4.79 Å². The van der Waals surface area contributed by atoms with Crippen LogP contribution in [0.4, 0.5) is 5.69 Å². The van der Waals surface area contributed by atoms with Gasteiger partial charge in [0.2, 0.25) is 0 Å². The van der Waals surface area contributed by atoms with Gasteiger partial charge in [-0.15, -0.1) is 0 Å². The Labute approximate surface area is 113 Å². The van der Waals surface area contributed by atoms with Gasteiger partial charge in [-0.1, -0.05) is 36.4 Å². The van der Waals surface area contributed by atoms with E-state index < -0.39 is 0 Å². The van der Waals surface area contributed by atoms with Gasteiger partial charge in [0.25, 0.3) is 5.91 Å². The third kappa shape index (κ3) is 2.53. The minimum absolute atomic E-state index is 0.0220. The summed E-state index contributed by atoms with van der Waals surface area (Å²) in [7, 11) is 0. The lowest BCUT2D eigenvalue weighted by molar-refractivity contribution is 0.102. The number of hydrogen-bond donors (Lipinski definition) is 1. The smallest absolute Gasteiger partial charge is 0.255 e. The molecule has 2 heteroatoms. The van der Waals surface area contributed by atoms with E-state index in [4.69, 9.17) is 0 Å². The number of aryl methyl sites for hydroxylation is 1. The molecule has 0 atom stereocenters. The number of anilines is 1. The molecule has 2 aromatic carbocycles. The quantitative estimate of drug-likeness (QED) is 0.873. The van der Waals surface area contributed by atoms with Crippen LogP contribution in [0.25, 0.3) is 0 Å². The molecule has 1 saturated carbocycles. The molecule has 0 aromatic heterocycles. The highest BCUT2D eigenvalue weighted by atomic mass is 16.1. The molecule has 1 fully saturated rings. The van der Waals surface area contributed by atoms with Gasteiger partial charge < -0.3 is 5.32 Å². The molecule has 2 aromatic rings. The van der Waals surface area contributed by atoms with Gasteiger partial charge in [0.1, 0.15) is 0 Å². The Morgan fingerprint density at radius 3 is 2.47 bits per heavy atom. The van der Waals surface area contributed by atoms with E-state index in [0.717, 1.165) is 16.8 Å². The Kier molecular flexibility index (Phi) is 3.08. The first-order valence-electron chi connectivity index (χ1n) is 6.71. The van der Waals surface area contributed by atoms with Gasteiger partial charge in [0.15, 0.2) is 0 Å². The number of hydrogen-bond acceptors (Lipinski definition) is 1. The fourth-order valence-electron chi connectivity index (χ4n) is 2.38. The van der Waals surface area contributed by atoms with Gasteiger partial charge in [-0.3, -0.25) is 4.79 Å². The first-order valence-corrected chi connectivity index (χ1v) is 6.71. The summed E-state index contributed by atoms with van der Waals surface area (Å²) in [4.78, 5) is 12.3. The highest BCUT2D eigenvalue weighted by molar-refractivity contribution is 6.05. The maximum absolute atomic E-state index is 12.3. The van der Waals surface area contributed by atoms with Crippen LogP contribution in [-0.2, 0) is 0 Å². The van der Waals surface area contributed by atoms with E-state index in [9.17, 15) is 4.79 Å². The number of nitrogens with one attached hydrogen (secondary N) is 1. The molecule has 0 spiro atoms. The molecule has 19 heavy (non-hydrogen) atoms. The van der Waals surface area contributed by atoms with Crippen molar-refractivity contribution in [3.8, 4) is 0 Å². The maximum Gasteiger partial charge on any atom is 0.255 e. The zero-order valence-electron chi connectivity index (χ0n) is 11.0. The predicted molar refractivity (Wildman–Crippen MR) is 77.5 cm³/mol. The van der Waals surface area contributed by atoms with Crippen LogP contribution in [0, 0.1) is 6.92 Å². The summed E-state index contributed by atoms with van der Waals surface area (Å²) in [6.45, 7) is 1.96. The Morgan fingerprint density at radius 1 is 1.05 bits per heavy atom. The third-order valence-corrected chi connectivity index (χ3v) is 3.62. The third-order valence-electron chi connectivity index (χ3n) is 3.62. The number of benzene rings is 2. The highest BCUT2D eigenvalue weighted by Crippen LogP contribution is 2.43. The van der Waals surface area contributed by atoms with E-state index in [2.05, 4.69) is 11.4 Å². The van der Waals surface area contributed by atoms with Crippen LogP contribution in [0.15, 0.2) is 48.5 Å². The SMILES string of the molecule is Cc1ccccc1C(=O)Nc1ccccc1C1CC1. The molecule has 96 valence electrons. The molecular weight excluding hydrogens is 234 g/mol. The fraction of sp³-hybridized carbons (Fsp3) is 0.235. The first kappa shape index (κ1) is 12.0. The molecule has 0 bridgehead atoms. The number of amides is 1. The predicted octanol–water partition coefficient (Wildman–Crippen LogP) is 4.12. The van der Waals surface area contributed by atoms with Crippen molar-refractivity contribution in [1.29, 1.82) is 0 Å². The minimum Gasteiger partial charge on any atom is -0.322 e. The summed E-state index contributed by atoms with van der Waals surface area (Å²) in [5.41, 5.74) is 3.97. The van der Waals surface area contributed by atoms with E-state index in [1.807, 2.05) is 49.4 Å². The van der Waals surface area contributed by atoms with Gasteiger partial charge in [-0.25, -0.2) is 0 Å². The number of rotatable bonds is 3. The van der Waals surface area contributed by atoms with Crippen LogP contribution in [-0.4, -0.2) is 5.91 Å². The Morgan fingerprint density at radius 2 is 1.74 bits per heavy atom. The first-order chi connectivity index (χ1) is 9.25. The van der Waals surface area contributed by atoms with Crippen molar-refractivity contribution in [2.24, 2.45) is 0 Å². The van der Waals surface area contributed by atoms with Gasteiger partial charge >= 0.3 is 0 Å². The van der Waals surface area contributed by atoms with Gasteiger partial charge in [0.05, 0.1) is 0 Å². The zero-order valence-corrected chi connectivity index (χ0v) is 11.0. The Hall–Kier alpha value is -2.09. The molecule has 1 amide bonds. The number of para-hydroxylation sites is 1. The van der Waals surface area contributed by atoms with E-state index in [1.165, 1.54) is 18.4 Å². The van der Waals surface area contributed by atoms with Crippen LogP contribution < -0.4 is 5.32 Å². The number of carbonyl (C=O) groups excluding carboxylic acids is 1. The van der Waals surface area contributed by atoms with E-state index in [0.29, 0.717) is 5.92 Å². The standard InChI is InChI=1S/C17H17NO/c1-12-6-2-3-7-14(12)17(19)18-16-9-5-4-8-15(16)13-10-11-13/h2-9,13H,10-11H2,1H3,(H,18,19). The topological polar surface area (TPSA) is 29.1 Å². The lowest BCUT2D eigenvalue weighted by Crippen LogP contribution is -2.14. The van der Waals surface area contributed by atoms with E-state index in [-0.39, 0.29) is 5.91 Å². The highest BCUT2D eigenvalue weighted by Gasteiger charge is 2.26. The van der Waals surface area contributed by atoms with Crippen molar-refractivity contribution in [1.82, 2.24) is 0 Å². The normalized spacial score (nSPS) is 14.2. The second-order valence-corrected chi connectivity index (χ2v) is 5.13. The summed E-state index contributed by atoms with van der Waals surface area (Å²) in [6.07, 6.45) is 2.47. The largest absolute Gasteiger partial charge is 0.322 e. The second kappa shape index (κ2) is 4.88. The Balaban J connectivity index is 1.86. The van der Waals surface area contributed by atoms with E-state index in [1.54, 1.807) is 0 Å². The minimum atomic E-state index is -0.0220. The molecule has 0 saturated heterocycles.